The number of hydrogen-bond acceptors (Lipinski definition) is 3. The van der Waals surface area contributed by atoms with Gasteiger partial charge in [-0.3, -0.25) is 0 Å². The SMILES string of the molecule is Cl.Nc1nc2c(Br)cccc2s1. The van der Waals surface area contributed by atoms with Gasteiger partial charge in [-0.15, -0.1) is 12.4 Å². The van der Waals surface area contributed by atoms with E-state index in [4.69, 9.17) is 5.73 Å². The number of thiazole rings is 1. The molecule has 0 unspecified atom stereocenters. The van der Waals surface area contributed by atoms with Crippen LogP contribution < -0.4 is 5.73 Å². The van der Waals surface area contributed by atoms with E-state index in [9.17, 15) is 0 Å². The molecule has 1 heterocycles. The Morgan fingerprint density at radius 1 is 1.42 bits per heavy atom. The molecule has 2 nitrogen and oxygen atoms in total. The van der Waals surface area contributed by atoms with Gasteiger partial charge in [-0.2, -0.15) is 0 Å². The average molecular weight is 266 g/mol. The highest BCUT2D eigenvalue weighted by Crippen LogP contribution is 2.28. The fraction of sp³-hybridized carbons (Fsp3) is 0. The minimum Gasteiger partial charge on any atom is -0.375 e. The van der Waals surface area contributed by atoms with Crippen molar-refractivity contribution in [1.82, 2.24) is 4.98 Å². The van der Waals surface area contributed by atoms with E-state index in [0.717, 1.165) is 14.7 Å². The zero-order valence-electron chi connectivity index (χ0n) is 5.95. The van der Waals surface area contributed by atoms with Gasteiger partial charge in [-0.25, -0.2) is 4.98 Å². The van der Waals surface area contributed by atoms with Crippen molar-refractivity contribution in [2.45, 2.75) is 0 Å². The van der Waals surface area contributed by atoms with Gasteiger partial charge >= 0.3 is 0 Å². The number of para-hydroxylation sites is 1. The lowest BCUT2D eigenvalue weighted by atomic mass is 10.3. The minimum atomic E-state index is 0. The highest BCUT2D eigenvalue weighted by Gasteiger charge is 2.02. The molecular weight excluding hydrogens is 260 g/mol. The topological polar surface area (TPSA) is 38.9 Å². The standard InChI is InChI=1S/C7H5BrN2S.ClH/c8-4-2-1-3-5-6(4)10-7(9)11-5;/h1-3H,(H2,9,10);1H. The Labute approximate surface area is 88.3 Å². The molecular formula is C7H6BrClN2S. The Morgan fingerprint density at radius 2 is 2.17 bits per heavy atom. The van der Waals surface area contributed by atoms with Crippen LogP contribution in [0.1, 0.15) is 0 Å². The molecule has 12 heavy (non-hydrogen) atoms. The van der Waals surface area contributed by atoms with E-state index in [1.807, 2.05) is 18.2 Å². The summed E-state index contributed by atoms with van der Waals surface area (Å²) < 4.78 is 2.12. The second-order valence-corrected chi connectivity index (χ2v) is 4.06. The van der Waals surface area contributed by atoms with Gasteiger partial charge in [-0.05, 0) is 28.1 Å². The lowest BCUT2D eigenvalue weighted by molar-refractivity contribution is 1.48. The number of nitrogens with two attached hydrogens (primary N) is 1. The molecule has 0 spiro atoms. The molecule has 2 aromatic rings. The lowest BCUT2D eigenvalue weighted by Crippen LogP contribution is -1.79. The molecule has 0 aliphatic carbocycles. The van der Waals surface area contributed by atoms with Crippen molar-refractivity contribution in [1.29, 1.82) is 0 Å². The molecule has 2 rings (SSSR count). The van der Waals surface area contributed by atoms with Gasteiger partial charge in [-0.1, -0.05) is 17.4 Å². The van der Waals surface area contributed by atoms with E-state index in [0.29, 0.717) is 5.13 Å². The number of rotatable bonds is 0. The monoisotopic (exact) mass is 264 g/mol. The molecule has 0 bridgehead atoms. The van der Waals surface area contributed by atoms with Crippen LogP contribution in [0.25, 0.3) is 10.2 Å². The van der Waals surface area contributed by atoms with Crippen molar-refractivity contribution in [3.63, 3.8) is 0 Å². The third-order valence-corrected chi connectivity index (χ3v) is 2.88. The number of nitrogens with zero attached hydrogens (tertiary/aromatic N) is 1. The van der Waals surface area contributed by atoms with Crippen LogP contribution in [-0.4, -0.2) is 4.98 Å². The van der Waals surface area contributed by atoms with E-state index < -0.39 is 0 Å². The van der Waals surface area contributed by atoms with Gasteiger partial charge in [0, 0.05) is 4.47 Å². The zero-order chi connectivity index (χ0) is 7.84. The molecule has 0 fully saturated rings. The molecule has 1 aromatic carbocycles. The molecule has 0 radical (unpaired) electrons. The molecule has 0 aliphatic rings. The highest BCUT2D eigenvalue weighted by atomic mass is 79.9. The van der Waals surface area contributed by atoms with Crippen LogP contribution in [-0.2, 0) is 0 Å². The summed E-state index contributed by atoms with van der Waals surface area (Å²) in [5.74, 6) is 0. The predicted molar refractivity (Wildman–Crippen MR) is 59.0 cm³/mol. The summed E-state index contributed by atoms with van der Waals surface area (Å²) in [5.41, 5.74) is 6.50. The number of benzene rings is 1. The Hall–Kier alpha value is -0.320. The van der Waals surface area contributed by atoms with Gasteiger partial charge in [0.15, 0.2) is 5.13 Å². The van der Waals surface area contributed by atoms with Crippen LogP contribution >= 0.6 is 39.7 Å². The maximum Gasteiger partial charge on any atom is 0.181 e. The summed E-state index contributed by atoms with van der Waals surface area (Å²) in [4.78, 5) is 4.16. The summed E-state index contributed by atoms with van der Waals surface area (Å²) in [6.07, 6.45) is 0. The number of fused-ring (bicyclic) bond motifs is 1. The third-order valence-electron chi connectivity index (χ3n) is 1.39. The number of aromatic nitrogens is 1. The molecule has 64 valence electrons. The van der Waals surface area contributed by atoms with Gasteiger partial charge in [0.2, 0.25) is 0 Å². The summed E-state index contributed by atoms with van der Waals surface area (Å²) in [7, 11) is 0. The van der Waals surface area contributed by atoms with Gasteiger partial charge in [0.25, 0.3) is 0 Å². The lowest BCUT2D eigenvalue weighted by Gasteiger charge is -1.88. The van der Waals surface area contributed by atoms with Crippen LogP contribution in [0.4, 0.5) is 5.13 Å². The third kappa shape index (κ3) is 1.55. The molecule has 5 heteroatoms. The van der Waals surface area contributed by atoms with Crippen LogP contribution in [0, 0.1) is 0 Å². The first-order chi connectivity index (χ1) is 5.27. The molecule has 0 saturated carbocycles. The average Bonchev–Trinajstić information content (AvgIpc) is 2.31. The molecule has 2 N–H and O–H groups in total. The van der Waals surface area contributed by atoms with Gasteiger partial charge in [0.1, 0.15) is 0 Å². The van der Waals surface area contributed by atoms with Crippen molar-refractivity contribution in [2.75, 3.05) is 5.73 Å². The van der Waals surface area contributed by atoms with Gasteiger partial charge < -0.3 is 5.73 Å². The van der Waals surface area contributed by atoms with Crippen molar-refractivity contribution in [2.24, 2.45) is 0 Å². The predicted octanol–water partition coefficient (Wildman–Crippen LogP) is 3.06. The van der Waals surface area contributed by atoms with Crippen LogP contribution in [0.5, 0.6) is 0 Å². The maximum atomic E-state index is 5.55. The normalized spacial score (nSPS) is 9.75. The first kappa shape index (κ1) is 9.77. The maximum absolute atomic E-state index is 5.55. The fourth-order valence-corrected chi connectivity index (χ4v) is 2.28. The van der Waals surface area contributed by atoms with Crippen molar-refractivity contribution in [3.05, 3.63) is 22.7 Å². The number of anilines is 1. The molecule has 0 aliphatic heterocycles. The second kappa shape index (κ2) is 3.60. The highest BCUT2D eigenvalue weighted by molar-refractivity contribution is 9.10. The van der Waals surface area contributed by atoms with E-state index in [2.05, 4.69) is 20.9 Å². The largest absolute Gasteiger partial charge is 0.375 e. The number of halogens is 2. The van der Waals surface area contributed by atoms with Crippen molar-refractivity contribution < 1.29 is 0 Å². The molecule has 0 atom stereocenters. The van der Waals surface area contributed by atoms with Crippen LogP contribution in [0.15, 0.2) is 22.7 Å². The molecule has 1 aromatic heterocycles. The smallest absolute Gasteiger partial charge is 0.181 e. The summed E-state index contributed by atoms with van der Waals surface area (Å²) >= 11 is 4.90. The van der Waals surface area contributed by atoms with E-state index in [1.54, 1.807) is 0 Å². The Morgan fingerprint density at radius 3 is 2.83 bits per heavy atom. The van der Waals surface area contributed by atoms with E-state index >= 15 is 0 Å². The first-order valence-electron chi connectivity index (χ1n) is 3.08. The second-order valence-electron chi connectivity index (χ2n) is 2.14. The zero-order valence-corrected chi connectivity index (χ0v) is 9.17. The Kier molecular flexibility index (Phi) is 2.93. The fourth-order valence-electron chi connectivity index (χ4n) is 0.932. The Balaban J connectivity index is 0.000000720. The minimum absolute atomic E-state index is 0. The van der Waals surface area contributed by atoms with E-state index in [1.165, 1.54) is 11.3 Å². The molecule has 0 amide bonds. The van der Waals surface area contributed by atoms with E-state index in [-0.39, 0.29) is 12.4 Å². The quantitative estimate of drug-likeness (QED) is 0.795. The van der Waals surface area contributed by atoms with Crippen LogP contribution in [0.2, 0.25) is 0 Å². The van der Waals surface area contributed by atoms with Crippen molar-refractivity contribution >= 4 is 55.0 Å². The summed E-state index contributed by atoms with van der Waals surface area (Å²) in [6.45, 7) is 0. The van der Waals surface area contributed by atoms with Gasteiger partial charge in [0.05, 0.1) is 10.2 Å². The number of nitrogen functional groups attached to an aromatic ring is 1. The van der Waals surface area contributed by atoms with Crippen LogP contribution in [0.3, 0.4) is 0 Å². The summed E-state index contributed by atoms with van der Waals surface area (Å²) in [5, 5.41) is 0.618. The Bertz CT molecular complexity index is 401. The van der Waals surface area contributed by atoms with Crippen molar-refractivity contribution in [3.8, 4) is 0 Å². The summed E-state index contributed by atoms with van der Waals surface area (Å²) in [6, 6.07) is 5.94. The number of hydrogen-bond donors (Lipinski definition) is 1. The molecule has 0 saturated heterocycles. The first-order valence-corrected chi connectivity index (χ1v) is 4.69.